The van der Waals surface area contributed by atoms with Crippen molar-refractivity contribution in [3.05, 3.63) is 29.8 Å². The number of amides is 1. The van der Waals surface area contributed by atoms with Crippen LogP contribution in [-0.4, -0.2) is 45.1 Å². The summed E-state index contributed by atoms with van der Waals surface area (Å²) >= 11 is 0. The van der Waals surface area contributed by atoms with E-state index in [1.807, 2.05) is 13.8 Å². The molecule has 2 fully saturated rings. The second kappa shape index (κ2) is 7.89. The Morgan fingerprint density at radius 1 is 1.27 bits per heavy atom. The van der Waals surface area contributed by atoms with Crippen LogP contribution in [0, 0.1) is 11.3 Å². The fourth-order valence-corrected chi connectivity index (χ4v) is 4.91. The van der Waals surface area contributed by atoms with Crippen LogP contribution in [0.25, 0.3) is 0 Å². The molecule has 0 radical (unpaired) electrons. The van der Waals surface area contributed by atoms with Gasteiger partial charge in [-0.2, -0.15) is 5.26 Å². The minimum absolute atomic E-state index is 0.0323. The van der Waals surface area contributed by atoms with Gasteiger partial charge in [-0.3, -0.25) is 9.00 Å². The highest BCUT2D eigenvalue weighted by molar-refractivity contribution is 7.85. The zero-order valence-electron chi connectivity index (χ0n) is 15.4. The molecule has 0 saturated carbocycles. The predicted molar refractivity (Wildman–Crippen MR) is 100 cm³/mol. The van der Waals surface area contributed by atoms with E-state index in [4.69, 9.17) is 4.74 Å². The van der Waals surface area contributed by atoms with Crippen LogP contribution in [0.1, 0.15) is 56.3 Å². The van der Waals surface area contributed by atoms with Crippen molar-refractivity contribution >= 4 is 16.7 Å². The first-order valence-electron chi connectivity index (χ1n) is 9.34. The maximum Gasteiger partial charge on any atom is 0.255 e. The number of carbonyl (C=O) groups excluding carboxylic acids is 1. The highest BCUT2D eigenvalue weighted by Gasteiger charge is 2.48. The van der Waals surface area contributed by atoms with E-state index < -0.39 is 22.4 Å². The quantitative estimate of drug-likeness (QED) is 0.814. The fourth-order valence-electron chi connectivity index (χ4n) is 3.96. The topological polar surface area (TPSA) is 70.4 Å². The fraction of sp³-hybridized carbons (Fsp3) is 0.600. The molecule has 2 aliphatic heterocycles. The lowest BCUT2D eigenvalue weighted by Crippen LogP contribution is -2.60. The van der Waals surface area contributed by atoms with Crippen molar-refractivity contribution in [1.29, 1.82) is 5.26 Å². The first kappa shape index (κ1) is 19.1. The molecule has 3 rings (SSSR count). The minimum Gasteiger partial charge on any atom is -0.372 e. The summed E-state index contributed by atoms with van der Waals surface area (Å²) in [6.07, 6.45) is 4.57. The van der Waals surface area contributed by atoms with Gasteiger partial charge >= 0.3 is 0 Å². The van der Waals surface area contributed by atoms with Crippen LogP contribution in [-0.2, 0) is 15.5 Å². The number of nitrogens with zero attached hydrogens (tertiary/aromatic N) is 2. The van der Waals surface area contributed by atoms with Crippen molar-refractivity contribution in [2.75, 3.05) is 13.2 Å². The van der Waals surface area contributed by atoms with E-state index in [2.05, 4.69) is 6.07 Å². The minimum atomic E-state index is -1.08. The number of ether oxygens (including phenoxy) is 1. The summed E-state index contributed by atoms with van der Waals surface area (Å²) in [7, 11) is -1.08. The summed E-state index contributed by atoms with van der Waals surface area (Å²) in [6, 6.07) is 8.73. The summed E-state index contributed by atoms with van der Waals surface area (Å²) in [5, 5.41) is 9.82. The molecule has 0 N–H and O–H groups in total. The lowest BCUT2D eigenvalue weighted by atomic mass is 9.79. The molecular formula is C20H26N2O3S. The Kier molecular flexibility index (Phi) is 5.79. The molecule has 0 aromatic heterocycles. The van der Waals surface area contributed by atoms with Gasteiger partial charge in [-0.25, -0.2) is 0 Å². The SMILES string of the molecule is CC(C)[S@](=O)c1ccc(C(=O)N2CCC[C@]3(CCCCO3)[C@@H]2C#N)cc1. The molecule has 2 aliphatic rings. The normalized spacial score (nSPS) is 27.3. The van der Waals surface area contributed by atoms with Crippen LogP contribution in [0.3, 0.4) is 0 Å². The molecule has 2 saturated heterocycles. The van der Waals surface area contributed by atoms with E-state index in [0.29, 0.717) is 18.7 Å². The van der Waals surface area contributed by atoms with E-state index in [1.165, 1.54) is 0 Å². The average molecular weight is 375 g/mol. The molecule has 0 unspecified atom stereocenters. The third-order valence-corrected chi connectivity index (χ3v) is 6.93. The number of hydrogen-bond donors (Lipinski definition) is 0. The van der Waals surface area contributed by atoms with Gasteiger partial charge in [0, 0.05) is 28.9 Å². The first-order chi connectivity index (χ1) is 12.5. The van der Waals surface area contributed by atoms with Crippen LogP contribution >= 0.6 is 0 Å². The molecule has 1 amide bonds. The Hall–Kier alpha value is -1.71. The third-order valence-electron chi connectivity index (χ3n) is 5.34. The third kappa shape index (κ3) is 3.56. The molecule has 1 aromatic carbocycles. The van der Waals surface area contributed by atoms with Crippen molar-refractivity contribution < 1.29 is 13.7 Å². The van der Waals surface area contributed by atoms with Crippen molar-refractivity contribution in [1.82, 2.24) is 4.90 Å². The van der Waals surface area contributed by atoms with Gasteiger partial charge in [0.1, 0.15) is 11.6 Å². The highest BCUT2D eigenvalue weighted by atomic mass is 32.2. The summed E-state index contributed by atoms with van der Waals surface area (Å²) in [4.78, 5) is 15.4. The Morgan fingerprint density at radius 3 is 2.54 bits per heavy atom. The molecule has 140 valence electrons. The van der Waals surface area contributed by atoms with Crippen molar-refractivity contribution in [2.24, 2.45) is 0 Å². The second-order valence-corrected chi connectivity index (χ2v) is 9.38. The van der Waals surface area contributed by atoms with Crippen LogP contribution < -0.4 is 0 Å². The van der Waals surface area contributed by atoms with Crippen LogP contribution in [0.5, 0.6) is 0 Å². The Balaban J connectivity index is 1.82. The molecule has 0 aliphatic carbocycles. The number of nitriles is 1. The zero-order valence-corrected chi connectivity index (χ0v) is 16.3. The molecule has 1 spiro atoms. The Morgan fingerprint density at radius 2 is 1.96 bits per heavy atom. The van der Waals surface area contributed by atoms with Crippen molar-refractivity contribution in [3.8, 4) is 6.07 Å². The first-order valence-corrected chi connectivity index (χ1v) is 10.5. The maximum absolute atomic E-state index is 13.1. The number of benzene rings is 1. The molecule has 5 nitrogen and oxygen atoms in total. The molecular weight excluding hydrogens is 348 g/mol. The Bertz CT molecular complexity index is 712. The lowest BCUT2D eigenvalue weighted by Gasteiger charge is -2.48. The van der Waals surface area contributed by atoms with Gasteiger partial charge < -0.3 is 9.64 Å². The predicted octanol–water partition coefficient (Wildman–Crippen LogP) is 3.27. The van der Waals surface area contributed by atoms with Crippen LogP contribution in [0.15, 0.2) is 29.2 Å². The van der Waals surface area contributed by atoms with Crippen molar-refractivity contribution in [2.45, 2.75) is 67.7 Å². The van der Waals surface area contributed by atoms with Crippen molar-refractivity contribution in [3.63, 3.8) is 0 Å². The Labute approximate surface area is 157 Å². The monoisotopic (exact) mass is 374 g/mol. The van der Waals surface area contributed by atoms with E-state index in [9.17, 15) is 14.3 Å². The number of carbonyl (C=O) groups is 1. The van der Waals surface area contributed by atoms with Gasteiger partial charge in [0.05, 0.1) is 16.9 Å². The van der Waals surface area contributed by atoms with Crippen LogP contribution in [0.2, 0.25) is 0 Å². The standard InChI is InChI=1S/C20H26N2O3S/c1-15(2)26(24)17-8-6-16(7-9-17)19(23)22-12-5-11-20(18(22)14-21)10-3-4-13-25-20/h6-9,15,18H,3-5,10-13H2,1-2H3/t18-,20+,26-/m0/s1. The van der Waals surface area contributed by atoms with Crippen LogP contribution in [0.4, 0.5) is 0 Å². The second-order valence-electron chi connectivity index (χ2n) is 7.37. The van der Waals surface area contributed by atoms with Gasteiger partial charge in [-0.05, 0) is 56.4 Å². The molecule has 0 bridgehead atoms. The van der Waals surface area contributed by atoms with Gasteiger partial charge in [0.15, 0.2) is 0 Å². The van der Waals surface area contributed by atoms with E-state index in [1.54, 1.807) is 29.2 Å². The lowest BCUT2D eigenvalue weighted by molar-refractivity contribution is -0.128. The summed E-state index contributed by atoms with van der Waals surface area (Å²) in [5.74, 6) is -0.147. The molecule has 1 aromatic rings. The number of likely N-dealkylation sites (tertiary alicyclic amines) is 1. The number of rotatable bonds is 3. The summed E-state index contributed by atoms with van der Waals surface area (Å²) < 4.78 is 18.2. The average Bonchev–Trinajstić information content (AvgIpc) is 2.67. The number of hydrogen-bond acceptors (Lipinski definition) is 4. The summed E-state index contributed by atoms with van der Waals surface area (Å²) in [6.45, 7) is 5.05. The highest BCUT2D eigenvalue weighted by Crippen LogP contribution is 2.38. The molecule has 26 heavy (non-hydrogen) atoms. The molecule has 3 atom stereocenters. The van der Waals surface area contributed by atoms with E-state index in [-0.39, 0.29) is 11.2 Å². The van der Waals surface area contributed by atoms with Gasteiger partial charge in [-0.15, -0.1) is 0 Å². The maximum atomic E-state index is 13.1. The summed E-state index contributed by atoms with van der Waals surface area (Å²) in [5.41, 5.74) is 0.0163. The molecule has 6 heteroatoms. The molecule has 2 heterocycles. The largest absolute Gasteiger partial charge is 0.372 e. The smallest absolute Gasteiger partial charge is 0.255 e. The zero-order chi connectivity index (χ0) is 18.7. The van der Waals surface area contributed by atoms with E-state index >= 15 is 0 Å². The van der Waals surface area contributed by atoms with E-state index in [0.717, 1.165) is 37.0 Å². The van der Waals surface area contributed by atoms with Gasteiger partial charge in [-0.1, -0.05) is 13.8 Å². The van der Waals surface area contributed by atoms with Gasteiger partial charge in [0.2, 0.25) is 0 Å². The number of piperidine rings is 1. The van der Waals surface area contributed by atoms with Gasteiger partial charge in [0.25, 0.3) is 5.91 Å².